The number of aromatic hydroxyl groups is 2. The molecule has 2 aromatic rings. The molecule has 3 rings (SSSR count). The van der Waals surface area contributed by atoms with E-state index in [1.165, 1.54) is 38.5 Å². The normalized spacial score (nSPS) is 19.9. The molecule has 0 fully saturated rings. The lowest BCUT2D eigenvalue weighted by Crippen LogP contribution is -2.40. The van der Waals surface area contributed by atoms with E-state index in [2.05, 4.69) is 13.8 Å². The summed E-state index contributed by atoms with van der Waals surface area (Å²) in [5, 5.41) is 29.8. The number of phenolic OH excluding ortho intramolecular Hbond substituents is 2. The third-order valence-electron chi connectivity index (χ3n) is 9.48. The molecule has 5 nitrogen and oxygen atoms in total. The Balaban J connectivity index is 1.46. The van der Waals surface area contributed by atoms with E-state index >= 15 is 0 Å². The molecule has 0 saturated heterocycles. The molecule has 2 aromatic carbocycles. The summed E-state index contributed by atoms with van der Waals surface area (Å²) in [6.45, 7) is 7.01. The van der Waals surface area contributed by atoms with E-state index in [4.69, 9.17) is 4.74 Å². The Kier molecular flexibility index (Phi) is 12.2. The maximum Gasteiger partial charge on any atom is 0.309 e. The SMILES string of the molecule is CCCCCCC(CC)(CCCCCCCCCC1c2ccc(O)cc2OCC1(C)c1ccc(O)cc1)C(=O)O. The average Bonchev–Trinajstić information content (AvgIpc) is 2.94. The molecular formula is C35H52O5. The summed E-state index contributed by atoms with van der Waals surface area (Å²) in [4.78, 5) is 12.1. The van der Waals surface area contributed by atoms with Gasteiger partial charge in [0.05, 0.1) is 12.0 Å². The molecule has 3 unspecified atom stereocenters. The van der Waals surface area contributed by atoms with Crippen molar-refractivity contribution < 1.29 is 24.9 Å². The van der Waals surface area contributed by atoms with Crippen molar-refractivity contribution in [2.45, 2.75) is 128 Å². The third kappa shape index (κ3) is 8.17. The Morgan fingerprint density at radius 3 is 2.02 bits per heavy atom. The van der Waals surface area contributed by atoms with Crippen LogP contribution in [0.3, 0.4) is 0 Å². The Bertz CT molecular complexity index is 1050. The second-order valence-electron chi connectivity index (χ2n) is 12.3. The molecular weight excluding hydrogens is 500 g/mol. The Hall–Kier alpha value is -2.69. The topological polar surface area (TPSA) is 87.0 Å². The Labute approximate surface area is 242 Å². The van der Waals surface area contributed by atoms with E-state index in [0.29, 0.717) is 6.61 Å². The van der Waals surface area contributed by atoms with Gasteiger partial charge in [0.2, 0.25) is 0 Å². The van der Waals surface area contributed by atoms with Gasteiger partial charge in [-0.3, -0.25) is 4.79 Å². The third-order valence-corrected chi connectivity index (χ3v) is 9.48. The quantitative estimate of drug-likeness (QED) is 0.160. The Morgan fingerprint density at radius 2 is 1.43 bits per heavy atom. The summed E-state index contributed by atoms with van der Waals surface area (Å²) in [6, 6.07) is 13.0. The van der Waals surface area contributed by atoms with Crippen molar-refractivity contribution in [3.63, 3.8) is 0 Å². The van der Waals surface area contributed by atoms with Crippen LogP contribution in [0.25, 0.3) is 0 Å². The molecule has 1 aliphatic heterocycles. The molecule has 222 valence electrons. The van der Waals surface area contributed by atoms with Crippen LogP contribution in [0.2, 0.25) is 0 Å². The van der Waals surface area contributed by atoms with Gasteiger partial charge in [0.1, 0.15) is 17.2 Å². The molecule has 3 atom stereocenters. The van der Waals surface area contributed by atoms with Gasteiger partial charge in [-0.05, 0) is 55.0 Å². The highest BCUT2D eigenvalue weighted by molar-refractivity contribution is 5.74. The summed E-state index contributed by atoms with van der Waals surface area (Å²) >= 11 is 0. The van der Waals surface area contributed by atoms with Gasteiger partial charge in [0, 0.05) is 17.4 Å². The number of carboxylic acids is 1. The van der Waals surface area contributed by atoms with Crippen molar-refractivity contribution in [2.75, 3.05) is 6.61 Å². The van der Waals surface area contributed by atoms with Gasteiger partial charge in [-0.1, -0.05) is 110 Å². The second-order valence-corrected chi connectivity index (χ2v) is 12.3. The maximum atomic E-state index is 12.1. The summed E-state index contributed by atoms with van der Waals surface area (Å²) < 4.78 is 6.14. The minimum Gasteiger partial charge on any atom is -0.508 e. The lowest BCUT2D eigenvalue weighted by Gasteiger charge is -2.43. The number of hydrogen-bond acceptors (Lipinski definition) is 4. The van der Waals surface area contributed by atoms with Gasteiger partial charge in [0.25, 0.3) is 0 Å². The molecule has 0 aliphatic carbocycles. The summed E-state index contributed by atoms with van der Waals surface area (Å²) in [5.41, 5.74) is 1.55. The summed E-state index contributed by atoms with van der Waals surface area (Å²) in [5.74, 6) is 0.923. The minimum absolute atomic E-state index is 0.218. The molecule has 0 aromatic heterocycles. The van der Waals surface area contributed by atoms with Crippen LogP contribution >= 0.6 is 0 Å². The highest BCUT2D eigenvalue weighted by Gasteiger charge is 2.42. The molecule has 0 saturated carbocycles. The number of ether oxygens (including phenoxy) is 1. The van der Waals surface area contributed by atoms with E-state index in [-0.39, 0.29) is 22.8 Å². The molecule has 0 radical (unpaired) electrons. The number of rotatable bonds is 18. The van der Waals surface area contributed by atoms with Gasteiger partial charge in [-0.2, -0.15) is 0 Å². The van der Waals surface area contributed by atoms with Crippen molar-refractivity contribution in [2.24, 2.45) is 5.41 Å². The predicted octanol–water partition coefficient (Wildman–Crippen LogP) is 9.49. The smallest absolute Gasteiger partial charge is 0.309 e. The van der Waals surface area contributed by atoms with E-state index in [1.807, 2.05) is 25.1 Å². The molecule has 3 N–H and O–H groups in total. The van der Waals surface area contributed by atoms with Crippen LogP contribution in [-0.2, 0) is 10.2 Å². The first-order chi connectivity index (χ1) is 19.3. The number of fused-ring (bicyclic) bond motifs is 1. The van der Waals surface area contributed by atoms with Crippen LogP contribution in [0, 0.1) is 5.41 Å². The van der Waals surface area contributed by atoms with Crippen LogP contribution in [0.15, 0.2) is 42.5 Å². The number of benzene rings is 2. The van der Waals surface area contributed by atoms with Crippen LogP contribution in [0.4, 0.5) is 0 Å². The highest BCUT2D eigenvalue weighted by atomic mass is 16.5. The fraction of sp³-hybridized carbons (Fsp3) is 0.629. The van der Waals surface area contributed by atoms with Crippen molar-refractivity contribution in [1.82, 2.24) is 0 Å². The van der Waals surface area contributed by atoms with Gasteiger partial charge >= 0.3 is 5.97 Å². The second kappa shape index (κ2) is 15.3. The number of unbranched alkanes of at least 4 members (excludes halogenated alkanes) is 9. The average molecular weight is 553 g/mol. The number of hydrogen-bond donors (Lipinski definition) is 3. The molecule has 40 heavy (non-hydrogen) atoms. The zero-order chi connectivity index (χ0) is 29.0. The Morgan fingerprint density at radius 1 is 0.850 bits per heavy atom. The van der Waals surface area contributed by atoms with Crippen molar-refractivity contribution >= 4 is 5.97 Å². The highest BCUT2D eigenvalue weighted by Crippen LogP contribution is 2.49. The zero-order valence-corrected chi connectivity index (χ0v) is 25.1. The first-order valence-corrected chi connectivity index (χ1v) is 15.7. The lowest BCUT2D eigenvalue weighted by atomic mass is 9.66. The lowest BCUT2D eigenvalue weighted by molar-refractivity contribution is -0.150. The van der Waals surface area contributed by atoms with E-state index in [0.717, 1.165) is 74.7 Å². The maximum absolute atomic E-state index is 12.1. The molecule has 0 amide bonds. The van der Waals surface area contributed by atoms with E-state index < -0.39 is 11.4 Å². The number of aliphatic carboxylic acids is 1. The molecule has 0 bridgehead atoms. The van der Waals surface area contributed by atoms with Crippen LogP contribution < -0.4 is 4.74 Å². The number of phenols is 2. The van der Waals surface area contributed by atoms with E-state index in [1.54, 1.807) is 24.3 Å². The van der Waals surface area contributed by atoms with Crippen molar-refractivity contribution in [3.8, 4) is 17.2 Å². The number of carbonyl (C=O) groups is 1. The minimum atomic E-state index is -0.601. The first-order valence-electron chi connectivity index (χ1n) is 15.7. The van der Waals surface area contributed by atoms with Gasteiger partial charge in [-0.25, -0.2) is 0 Å². The monoisotopic (exact) mass is 552 g/mol. The van der Waals surface area contributed by atoms with Crippen molar-refractivity contribution in [3.05, 3.63) is 53.6 Å². The number of carboxylic acid groups (broad SMARTS) is 1. The predicted molar refractivity (Wildman–Crippen MR) is 162 cm³/mol. The summed E-state index contributed by atoms with van der Waals surface area (Å²) in [7, 11) is 0. The largest absolute Gasteiger partial charge is 0.508 e. The van der Waals surface area contributed by atoms with Gasteiger partial charge in [0.15, 0.2) is 0 Å². The fourth-order valence-electron chi connectivity index (χ4n) is 6.64. The van der Waals surface area contributed by atoms with Gasteiger partial charge < -0.3 is 20.1 Å². The molecule has 5 heteroatoms. The summed E-state index contributed by atoms with van der Waals surface area (Å²) in [6.07, 6.45) is 15.9. The first kappa shape index (κ1) is 31.8. The molecule has 0 spiro atoms. The van der Waals surface area contributed by atoms with Crippen molar-refractivity contribution in [1.29, 1.82) is 0 Å². The van der Waals surface area contributed by atoms with Crippen LogP contribution in [-0.4, -0.2) is 27.9 Å². The molecule has 1 aliphatic rings. The van der Waals surface area contributed by atoms with Crippen LogP contribution in [0.5, 0.6) is 17.2 Å². The van der Waals surface area contributed by atoms with Gasteiger partial charge in [-0.15, -0.1) is 0 Å². The standard InChI is InChI=1S/C35H52O5/c1-4-6-7-14-23-35(5-2,33(38)39)24-15-12-10-8-9-11-13-16-31-30-22-21-29(37)25-32(30)40-26-34(31,3)27-17-19-28(36)20-18-27/h17-22,25,31,36-37H,4-16,23-24,26H2,1-3H3,(H,38,39). The van der Waals surface area contributed by atoms with E-state index in [9.17, 15) is 20.1 Å². The fourth-order valence-corrected chi connectivity index (χ4v) is 6.64. The zero-order valence-electron chi connectivity index (χ0n) is 25.1. The molecule has 1 heterocycles. The van der Waals surface area contributed by atoms with Crippen LogP contribution in [0.1, 0.15) is 134 Å².